The Morgan fingerprint density at radius 3 is 2.55 bits per heavy atom. The van der Waals surface area contributed by atoms with Gasteiger partial charge in [-0.1, -0.05) is 53.7 Å². The third kappa shape index (κ3) is 5.37. The van der Waals surface area contributed by atoms with E-state index in [0.29, 0.717) is 23.1 Å². The third-order valence-electron chi connectivity index (χ3n) is 4.71. The zero-order valence-electron chi connectivity index (χ0n) is 16.9. The molecule has 158 valence electrons. The lowest BCUT2D eigenvalue weighted by atomic mass is 10.1. The van der Waals surface area contributed by atoms with Crippen LogP contribution in [0.2, 0.25) is 5.02 Å². The van der Waals surface area contributed by atoms with E-state index in [4.69, 9.17) is 16.0 Å². The van der Waals surface area contributed by atoms with Crippen molar-refractivity contribution in [3.05, 3.63) is 95.2 Å². The van der Waals surface area contributed by atoms with Gasteiger partial charge in [-0.25, -0.2) is 0 Å². The molecule has 0 aliphatic carbocycles. The van der Waals surface area contributed by atoms with Crippen molar-refractivity contribution in [3.63, 3.8) is 0 Å². The summed E-state index contributed by atoms with van der Waals surface area (Å²) in [6.07, 6.45) is 2.23. The first-order valence-electron chi connectivity index (χ1n) is 9.73. The largest absolute Gasteiger partial charge is 0.467 e. The number of thioether (sulfide) groups is 1. The summed E-state index contributed by atoms with van der Waals surface area (Å²) < 4.78 is 7.31. The molecule has 1 amide bonds. The van der Waals surface area contributed by atoms with Crippen LogP contribution in [0.15, 0.2) is 82.6 Å². The van der Waals surface area contributed by atoms with E-state index in [1.54, 1.807) is 18.2 Å². The summed E-state index contributed by atoms with van der Waals surface area (Å²) in [5.74, 6) is 1.77. The third-order valence-corrected chi connectivity index (χ3v) is 5.88. The van der Waals surface area contributed by atoms with E-state index in [-0.39, 0.29) is 11.7 Å². The number of rotatable bonds is 8. The van der Waals surface area contributed by atoms with Crippen LogP contribution >= 0.6 is 23.4 Å². The standard InChI is InChI=1S/C23H21ClN4O2S/c1-27(15-20-8-5-13-30-20)22(29)16-31-23-26-25-21(14-17-6-3-2-4-7-17)28(23)19-11-9-18(24)10-12-19/h2-13H,14-16H2,1H3. The molecule has 0 aliphatic rings. The molecular weight excluding hydrogens is 432 g/mol. The van der Waals surface area contributed by atoms with E-state index < -0.39 is 0 Å². The fourth-order valence-electron chi connectivity index (χ4n) is 3.10. The quantitative estimate of drug-likeness (QED) is 0.357. The molecule has 0 unspecified atom stereocenters. The van der Waals surface area contributed by atoms with Crippen LogP contribution in [0.25, 0.3) is 5.69 Å². The van der Waals surface area contributed by atoms with Gasteiger partial charge in [-0.2, -0.15) is 0 Å². The Labute approximate surface area is 189 Å². The number of carbonyl (C=O) groups excluding carboxylic acids is 1. The first-order chi connectivity index (χ1) is 15.1. The van der Waals surface area contributed by atoms with Gasteiger partial charge in [-0.15, -0.1) is 10.2 Å². The number of benzene rings is 2. The molecule has 0 spiro atoms. The molecule has 4 rings (SSSR count). The predicted octanol–water partition coefficient (Wildman–Crippen LogP) is 4.86. The van der Waals surface area contributed by atoms with Crippen LogP contribution in [-0.4, -0.2) is 38.4 Å². The Hall–Kier alpha value is -3.03. The number of hydrogen-bond donors (Lipinski definition) is 0. The molecule has 0 N–H and O–H groups in total. The second-order valence-corrected chi connectivity index (χ2v) is 8.37. The molecule has 0 saturated heterocycles. The van der Waals surface area contributed by atoms with Gasteiger partial charge in [0.2, 0.25) is 5.91 Å². The van der Waals surface area contributed by atoms with E-state index in [1.807, 2.05) is 59.2 Å². The van der Waals surface area contributed by atoms with E-state index in [9.17, 15) is 4.79 Å². The molecule has 0 atom stereocenters. The minimum absolute atomic E-state index is 0.0170. The van der Waals surface area contributed by atoms with Gasteiger partial charge in [0.15, 0.2) is 5.16 Å². The highest BCUT2D eigenvalue weighted by molar-refractivity contribution is 7.99. The Bertz CT molecular complexity index is 1130. The van der Waals surface area contributed by atoms with Crippen molar-refractivity contribution >= 4 is 29.3 Å². The second kappa shape index (κ2) is 9.85. The number of amides is 1. The van der Waals surface area contributed by atoms with Crippen molar-refractivity contribution in [2.75, 3.05) is 12.8 Å². The van der Waals surface area contributed by atoms with Crippen LogP contribution in [0.4, 0.5) is 0 Å². The molecule has 2 aromatic heterocycles. The molecule has 2 heterocycles. The van der Waals surface area contributed by atoms with E-state index in [1.165, 1.54) is 11.8 Å². The zero-order chi connectivity index (χ0) is 21.6. The Kier molecular flexibility index (Phi) is 6.74. The summed E-state index contributed by atoms with van der Waals surface area (Å²) in [5.41, 5.74) is 2.04. The van der Waals surface area contributed by atoms with Crippen molar-refractivity contribution in [3.8, 4) is 5.69 Å². The molecule has 8 heteroatoms. The second-order valence-electron chi connectivity index (χ2n) is 6.99. The molecule has 31 heavy (non-hydrogen) atoms. The lowest BCUT2D eigenvalue weighted by molar-refractivity contribution is -0.127. The molecule has 4 aromatic rings. The van der Waals surface area contributed by atoms with Gasteiger partial charge in [0.1, 0.15) is 11.6 Å². The minimum atomic E-state index is -0.0170. The SMILES string of the molecule is CN(Cc1ccco1)C(=O)CSc1nnc(Cc2ccccc2)n1-c1ccc(Cl)cc1. The maximum Gasteiger partial charge on any atom is 0.233 e. The van der Waals surface area contributed by atoms with Gasteiger partial charge < -0.3 is 9.32 Å². The summed E-state index contributed by atoms with van der Waals surface area (Å²) in [6.45, 7) is 0.426. The van der Waals surface area contributed by atoms with E-state index in [2.05, 4.69) is 22.3 Å². The summed E-state index contributed by atoms with van der Waals surface area (Å²) in [5, 5.41) is 10.1. The Morgan fingerprint density at radius 1 is 1.06 bits per heavy atom. The highest BCUT2D eigenvalue weighted by atomic mass is 35.5. The fraction of sp³-hybridized carbons (Fsp3) is 0.174. The van der Waals surface area contributed by atoms with Crippen molar-refractivity contribution < 1.29 is 9.21 Å². The number of aromatic nitrogens is 3. The molecule has 0 bridgehead atoms. The van der Waals surface area contributed by atoms with E-state index >= 15 is 0 Å². The first kappa shape index (κ1) is 21.2. The smallest absolute Gasteiger partial charge is 0.233 e. The molecular formula is C23H21ClN4O2S. The molecule has 0 fully saturated rings. The van der Waals surface area contributed by atoms with Crippen LogP contribution in [0.1, 0.15) is 17.1 Å². The lowest BCUT2D eigenvalue weighted by Crippen LogP contribution is -2.27. The van der Waals surface area contributed by atoms with Crippen LogP contribution < -0.4 is 0 Å². The Balaban J connectivity index is 1.53. The van der Waals surface area contributed by atoms with Crippen LogP contribution in [0.3, 0.4) is 0 Å². The first-order valence-corrected chi connectivity index (χ1v) is 11.1. The number of furan rings is 1. The summed E-state index contributed by atoms with van der Waals surface area (Å²) in [6, 6.07) is 21.3. The Morgan fingerprint density at radius 2 is 1.84 bits per heavy atom. The number of carbonyl (C=O) groups is 1. The number of halogens is 1. The van der Waals surface area contributed by atoms with Gasteiger partial charge >= 0.3 is 0 Å². The minimum Gasteiger partial charge on any atom is -0.467 e. The highest BCUT2D eigenvalue weighted by Gasteiger charge is 2.18. The van der Waals surface area contributed by atoms with E-state index in [0.717, 1.165) is 22.8 Å². The van der Waals surface area contributed by atoms with Crippen molar-refractivity contribution in [2.45, 2.75) is 18.1 Å². The van der Waals surface area contributed by atoms with Crippen molar-refractivity contribution in [2.24, 2.45) is 0 Å². The van der Waals surface area contributed by atoms with Crippen molar-refractivity contribution in [1.29, 1.82) is 0 Å². The molecule has 6 nitrogen and oxygen atoms in total. The monoisotopic (exact) mass is 452 g/mol. The van der Waals surface area contributed by atoms with Crippen LogP contribution in [0.5, 0.6) is 0 Å². The molecule has 0 radical (unpaired) electrons. The molecule has 0 aliphatic heterocycles. The maximum absolute atomic E-state index is 12.6. The fourth-order valence-corrected chi connectivity index (χ4v) is 4.13. The van der Waals surface area contributed by atoms with Gasteiger partial charge in [-0.3, -0.25) is 9.36 Å². The summed E-state index contributed by atoms with van der Waals surface area (Å²) in [7, 11) is 1.76. The van der Waals surface area contributed by atoms with Crippen LogP contribution in [0, 0.1) is 0 Å². The highest BCUT2D eigenvalue weighted by Crippen LogP contribution is 2.25. The number of hydrogen-bond acceptors (Lipinski definition) is 5. The average Bonchev–Trinajstić information content (AvgIpc) is 3.43. The average molecular weight is 453 g/mol. The van der Waals surface area contributed by atoms with Gasteiger partial charge in [0, 0.05) is 24.2 Å². The molecule has 0 saturated carbocycles. The summed E-state index contributed by atoms with van der Waals surface area (Å²) in [4.78, 5) is 14.3. The van der Waals surface area contributed by atoms with Gasteiger partial charge in [-0.05, 0) is 42.0 Å². The molecule has 2 aromatic carbocycles. The number of nitrogens with zero attached hydrogens (tertiary/aromatic N) is 4. The zero-order valence-corrected chi connectivity index (χ0v) is 18.5. The van der Waals surface area contributed by atoms with Crippen molar-refractivity contribution in [1.82, 2.24) is 19.7 Å². The van der Waals surface area contributed by atoms with Gasteiger partial charge in [0.25, 0.3) is 0 Å². The van der Waals surface area contributed by atoms with Gasteiger partial charge in [0.05, 0.1) is 18.6 Å². The normalized spacial score (nSPS) is 10.9. The lowest BCUT2D eigenvalue weighted by Gasteiger charge is -2.15. The summed E-state index contributed by atoms with van der Waals surface area (Å²) >= 11 is 7.44. The van der Waals surface area contributed by atoms with Crippen LogP contribution in [-0.2, 0) is 17.8 Å². The topological polar surface area (TPSA) is 64.2 Å². The maximum atomic E-state index is 12.6. The predicted molar refractivity (Wildman–Crippen MR) is 122 cm³/mol.